The van der Waals surface area contributed by atoms with E-state index in [-0.39, 0.29) is 0 Å². The van der Waals surface area contributed by atoms with Crippen LogP contribution in [0.3, 0.4) is 0 Å². The van der Waals surface area contributed by atoms with Gasteiger partial charge in [0, 0.05) is 0 Å². The summed E-state index contributed by atoms with van der Waals surface area (Å²) in [6, 6.07) is 10.3. The number of H-pyrrole nitrogens is 1. The van der Waals surface area contributed by atoms with Crippen molar-refractivity contribution in [3.05, 3.63) is 42.2 Å². The molecule has 0 aliphatic heterocycles. The van der Waals surface area contributed by atoms with Gasteiger partial charge in [0.25, 0.3) is 0 Å². The first kappa shape index (κ1) is 8.39. The summed E-state index contributed by atoms with van der Waals surface area (Å²) in [5.41, 5.74) is 1.32. The minimum Gasteiger partial charge on any atom is -0.246 e. The first-order valence-electron chi connectivity index (χ1n) is 3.58. The molecule has 4 heteroatoms. The average molecular weight is 162 g/mol. The molecule has 1 N–H and O–H groups in total. The van der Waals surface area contributed by atoms with Gasteiger partial charge in [-0.15, -0.1) is 5.10 Å². The molecule has 0 fully saturated rings. The molecule has 0 atom stereocenters. The fourth-order valence-corrected chi connectivity index (χ4v) is 0.663. The number of benzene rings is 1. The van der Waals surface area contributed by atoms with Crippen LogP contribution in [0.2, 0.25) is 0 Å². The highest BCUT2D eigenvalue weighted by Gasteiger charge is 1.72. The van der Waals surface area contributed by atoms with Crippen LogP contribution in [0.1, 0.15) is 5.56 Å². The van der Waals surface area contributed by atoms with Crippen molar-refractivity contribution >= 4 is 0 Å². The Morgan fingerprint density at radius 3 is 2.17 bits per heavy atom. The van der Waals surface area contributed by atoms with Gasteiger partial charge < -0.3 is 0 Å². The molecule has 0 spiro atoms. The molecule has 1 aromatic carbocycles. The third kappa shape index (κ3) is 3.46. The van der Waals surface area contributed by atoms with Crippen LogP contribution in [0.4, 0.5) is 0 Å². The van der Waals surface area contributed by atoms with E-state index in [2.05, 4.69) is 39.7 Å². The van der Waals surface area contributed by atoms with Crippen molar-refractivity contribution in [2.24, 2.45) is 0 Å². The third-order valence-corrected chi connectivity index (χ3v) is 1.21. The van der Waals surface area contributed by atoms with Gasteiger partial charge in [0.05, 0.1) is 0 Å². The van der Waals surface area contributed by atoms with Gasteiger partial charge in [0.15, 0.2) is 0 Å². The van der Waals surface area contributed by atoms with Gasteiger partial charge in [-0.1, -0.05) is 35.9 Å². The highest BCUT2D eigenvalue weighted by atomic mass is 15.5. The number of aromatic amines is 1. The molecule has 62 valence electrons. The van der Waals surface area contributed by atoms with Crippen LogP contribution in [0.5, 0.6) is 0 Å². The molecule has 0 unspecified atom stereocenters. The lowest BCUT2D eigenvalue weighted by atomic mass is 10.2. The molecule has 0 aliphatic carbocycles. The predicted octanol–water partition coefficient (Wildman–Crippen LogP) is 1.19. The van der Waals surface area contributed by atoms with Crippen molar-refractivity contribution in [2.75, 3.05) is 0 Å². The summed E-state index contributed by atoms with van der Waals surface area (Å²) in [6.45, 7) is 2.08. The van der Waals surface area contributed by atoms with Gasteiger partial charge in [0.1, 0.15) is 6.33 Å². The molecule has 0 saturated carbocycles. The monoisotopic (exact) mass is 162 g/mol. The van der Waals surface area contributed by atoms with Gasteiger partial charge in [-0.3, -0.25) is 0 Å². The van der Waals surface area contributed by atoms with Crippen LogP contribution in [0.25, 0.3) is 0 Å². The number of rotatable bonds is 0. The molecular formula is C8H10N4. The van der Waals surface area contributed by atoms with Crippen molar-refractivity contribution in [1.82, 2.24) is 20.6 Å². The van der Waals surface area contributed by atoms with Crippen molar-refractivity contribution in [3.63, 3.8) is 0 Å². The van der Waals surface area contributed by atoms with Crippen molar-refractivity contribution in [2.45, 2.75) is 6.92 Å². The summed E-state index contributed by atoms with van der Waals surface area (Å²) in [4.78, 5) is 0. The lowest BCUT2D eigenvalue weighted by molar-refractivity contribution is 0.881. The molecule has 0 bridgehead atoms. The summed E-state index contributed by atoms with van der Waals surface area (Å²) in [5.74, 6) is 0. The van der Waals surface area contributed by atoms with Gasteiger partial charge >= 0.3 is 0 Å². The number of aryl methyl sites for hydroxylation is 1. The molecular weight excluding hydrogens is 152 g/mol. The second-order valence-electron chi connectivity index (χ2n) is 2.22. The topological polar surface area (TPSA) is 54.5 Å². The predicted molar refractivity (Wildman–Crippen MR) is 45.4 cm³/mol. The van der Waals surface area contributed by atoms with Crippen molar-refractivity contribution in [1.29, 1.82) is 0 Å². The maximum absolute atomic E-state index is 3.31. The van der Waals surface area contributed by atoms with Gasteiger partial charge in [-0.2, -0.15) is 0 Å². The Morgan fingerprint density at radius 1 is 1.17 bits per heavy atom. The molecule has 1 aromatic heterocycles. The summed E-state index contributed by atoms with van der Waals surface area (Å²) >= 11 is 0. The lowest BCUT2D eigenvalue weighted by Crippen LogP contribution is -1.64. The zero-order valence-electron chi connectivity index (χ0n) is 6.81. The number of hydrogen-bond acceptors (Lipinski definition) is 3. The average Bonchev–Trinajstić information content (AvgIpc) is 2.62. The smallest absolute Gasteiger partial charge is 0.135 e. The fraction of sp³-hybridized carbons (Fsp3) is 0.125. The molecule has 12 heavy (non-hydrogen) atoms. The van der Waals surface area contributed by atoms with Crippen LogP contribution in [-0.4, -0.2) is 20.6 Å². The maximum Gasteiger partial charge on any atom is 0.135 e. The van der Waals surface area contributed by atoms with E-state index < -0.39 is 0 Å². The zero-order chi connectivity index (χ0) is 8.65. The Morgan fingerprint density at radius 2 is 1.92 bits per heavy atom. The van der Waals surface area contributed by atoms with Crippen molar-refractivity contribution < 1.29 is 0 Å². The standard InChI is InChI=1S/C7H8.CH2N4/c1-7-5-3-2-4-6-7;1-2-4-5-3-1/h2-6H,1H3;1H,(H,2,3,4,5). The Kier molecular flexibility index (Phi) is 3.50. The van der Waals surface area contributed by atoms with Gasteiger partial charge in [-0.05, 0) is 17.4 Å². The zero-order valence-corrected chi connectivity index (χ0v) is 6.81. The fourth-order valence-electron chi connectivity index (χ4n) is 0.663. The normalized spacial score (nSPS) is 8.42. The second kappa shape index (κ2) is 5.01. The Bertz CT molecular complexity index is 260. The van der Waals surface area contributed by atoms with E-state index in [4.69, 9.17) is 0 Å². The molecule has 2 aromatic rings. The molecule has 0 aliphatic rings. The minimum absolute atomic E-state index is 1.32. The van der Waals surface area contributed by atoms with E-state index in [0.29, 0.717) is 0 Å². The number of hydrogen-bond donors (Lipinski definition) is 1. The Labute approximate surface area is 70.6 Å². The second-order valence-corrected chi connectivity index (χ2v) is 2.22. The SMILES string of the molecule is Cc1ccccc1.c1nnn[nH]1. The summed E-state index contributed by atoms with van der Waals surface area (Å²) in [5, 5.41) is 12.1. The van der Waals surface area contributed by atoms with E-state index in [1.807, 2.05) is 18.2 Å². The summed E-state index contributed by atoms with van der Waals surface area (Å²) in [7, 11) is 0. The van der Waals surface area contributed by atoms with Crippen LogP contribution in [-0.2, 0) is 0 Å². The Balaban J connectivity index is 0.000000127. The largest absolute Gasteiger partial charge is 0.246 e. The number of nitrogens with zero attached hydrogens (tertiary/aromatic N) is 3. The van der Waals surface area contributed by atoms with E-state index in [1.165, 1.54) is 11.9 Å². The molecule has 0 amide bonds. The van der Waals surface area contributed by atoms with E-state index >= 15 is 0 Å². The van der Waals surface area contributed by atoms with Crippen molar-refractivity contribution in [3.8, 4) is 0 Å². The maximum atomic E-state index is 3.31. The van der Waals surface area contributed by atoms with Gasteiger partial charge in [0.2, 0.25) is 0 Å². The quantitative estimate of drug-likeness (QED) is 0.633. The molecule has 1 heterocycles. The number of tetrazole rings is 1. The molecule has 4 nitrogen and oxygen atoms in total. The summed E-state index contributed by atoms with van der Waals surface area (Å²) < 4.78 is 0. The summed E-state index contributed by atoms with van der Waals surface area (Å²) in [6.07, 6.45) is 1.40. The highest BCUT2D eigenvalue weighted by molar-refractivity contribution is 5.11. The van der Waals surface area contributed by atoms with E-state index in [9.17, 15) is 0 Å². The van der Waals surface area contributed by atoms with Gasteiger partial charge in [-0.25, -0.2) is 5.10 Å². The molecule has 0 saturated heterocycles. The van der Waals surface area contributed by atoms with E-state index in [1.54, 1.807) is 0 Å². The van der Waals surface area contributed by atoms with Crippen LogP contribution >= 0.6 is 0 Å². The minimum atomic E-state index is 1.32. The van der Waals surface area contributed by atoms with E-state index in [0.717, 1.165) is 0 Å². The number of aromatic nitrogens is 4. The van der Waals surface area contributed by atoms with Crippen LogP contribution in [0.15, 0.2) is 36.7 Å². The first-order chi connectivity index (χ1) is 5.89. The van der Waals surface area contributed by atoms with Crippen LogP contribution in [0, 0.1) is 6.92 Å². The number of nitrogens with one attached hydrogen (secondary N) is 1. The highest BCUT2D eigenvalue weighted by Crippen LogP contribution is 1.92. The molecule has 2 rings (SSSR count). The molecule has 0 radical (unpaired) electrons. The first-order valence-corrected chi connectivity index (χ1v) is 3.58. The van der Waals surface area contributed by atoms with Crippen LogP contribution < -0.4 is 0 Å². The Hall–Kier alpha value is -1.71. The third-order valence-electron chi connectivity index (χ3n) is 1.21. The lowest BCUT2D eigenvalue weighted by Gasteiger charge is -1.82.